The topological polar surface area (TPSA) is 38.9 Å². The van der Waals surface area contributed by atoms with Crippen molar-refractivity contribution in [3.63, 3.8) is 0 Å². The Bertz CT molecular complexity index is 1820. The summed E-state index contributed by atoms with van der Waals surface area (Å²) in [4.78, 5) is 9.07. The summed E-state index contributed by atoms with van der Waals surface area (Å²) in [6.45, 7) is 11.4. The number of nitrogens with zero attached hydrogens (tertiary/aromatic N) is 2. The molecule has 0 saturated heterocycles. The van der Waals surface area contributed by atoms with Crippen LogP contribution in [0.15, 0.2) is 95.7 Å². The maximum atomic E-state index is 6.12. The molecule has 0 atom stereocenters. The molecule has 0 bridgehead atoms. The van der Waals surface area contributed by atoms with E-state index in [1.165, 1.54) is 20.5 Å². The molecule has 0 unspecified atom stereocenters. The summed E-state index contributed by atoms with van der Waals surface area (Å²) in [7, 11) is -1.23. The maximum absolute atomic E-state index is 6.12. The van der Waals surface area contributed by atoms with Crippen LogP contribution in [0, 0.1) is 12.1 Å². The van der Waals surface area contributed by atoms with Crippen molar-refractivity contribution in [1.29, 1.82) is 0 Å². The summed E-state index contributed by atoms with van der Waals surface area (Å²) in [5.41, 5.74) is 7.21. The quantitative estimate of drug-likeness (QED) is 0.129. The molecule has 0 fully saturated rings. The summed E-state index contributed by atoms with van der Waals surface area (Å²) in [6.07, 6.45) is 3.90. The predicted molar refractivity (Wildman–Crippen MR) is 184 cm³/mol. The summed E-state index contributed by atoms with van der Waals surface area (Å²) < 4.78 is 7.58. The number of rotatable bonds is 5. The molecular formula is C37H40GeIrN2OSi-2. The second kappa shape index (κ2) is 13.4. The third-order valence-electron chi connectivity index (χ3n) is 7.61. The Morgan fingerprint density at radius 3 is 2.19 bits per heavy atom. The molecule has 223 valence electrons. The van der Waals surface area contributed by atoms with E-state index in [-0.39, 0.29) is 20.1 Å². The van der Waals surface area contributed by atoms with Crippen molar-refractivity contribution in [3.8, 4) is 22.5 Å². The second-order valence-corrected chi connectivity index (χ2v) is 29.0. The number of pyridine rings is 2. The normalized spacial score (nSPS) is 11.7. The van der Waals surface area contributed by atoms with Crippen LogP contribution in [0.2, 0.25) is 36.9 Å². The van der Waals surface area contributed by atoms with Crippen molar-refractivity contribution in [2.45, 2.75) is 56.7 Å². The van der Waals surface area contributed by atoms with Crippen LogP contribution < -0.4 is 9.58 Å². The number of benzene rings is 3. The minimum Gasteiger partial charge on any atom is -0.305 e. The fourth-order valence-corrected chi connectivity index (χ4v) is 8.28. The molecule has 6 heteroatoms. The molecular weight excluding hydrogens is 781 g/mol. The number of hydrogen-bond donors (Lipinski definition) is 0. The zero-order chi connectivity index (χ0) is 30.1. The Labute approximate surface area is 273 Å². The van der Waals surface area contributed by atoms with Gasteiger partial charge in [0.2, 0.25) is 0 Å². The Balaban J connectivity index is 0.000000215. The zero-order valence-electron chi connectivity index (χ0n) is 26.4. The fourth-order valence-electron chi connectivity index (χ4n) is 4.84. The third kappa shape index (κ3) is 7.82. The smallest absolute Gasteiger partial charge is 0.0795 e. The molecule has 0 aliphatic carbocycles. The van der Waals surface area contributed by atoms with Crippen LogP contribution in [0.25, 0.3) is 44.5 Å². The van der Waals surface area contributed by atoms with Gasteiger partial charge in [0, 0.05) is 26.3 Å². The molecule has 3 heterocycles. The van der Waals surface area contributed by atoms with E-state index in [2.05, 4.69) is 121 Å². The van der Waals surface area contributed by atoms with E-state index in [4.69, 9.17) is 4.42 Å². The van der Waals surface area contributed by atoms with Gasteiger partial charge in [0.1, 0.15) is 0 Å². The van der Waals surface area contributed by atoms with Crippen LogP contribution in [0.1, 0.15) is 25.3 Å². The van der Waals surface area contributed by atoms with Gasteiger partial charge in [-0.2, -0.15) is 0 Å². The number of furan rings is 1. The second-order valence-electron chi connectivity index (χ2n) is 13.3. The molecule has 3 aromatic heterocycles. The van der Waals surface area contributed by atoms with Gasteiger partial charge in [-0.15, -0.1) is 35.9 Å². The fraction of sp³-hybridized carbons (Fsp3) is 0.243. The van der Waals surface area contributed by atoms with Gasteiger partial charge in [0.15, 0.2) is 0 Å². The Morgan fingerprint density at radius 2 is 1.56 bits per heavy atom. The van der Waals surface area contributed by atoms with Gasteiger partial charge < -0.3 is 4.98 Å². The molecule has 0 spiro atoms. The van der Waals surface area contributed by atoms with Crippen LogP contribution in [0.4, 0.5) is 0 Å². The SMILES string of the molecule is CC(C)c1ccnc(-c2[c-]cc3oc4c[c]([Ge]([CH3])([CH3])[CH3])ccc4c3c2)c1.C[Si](C)(C)c1ccc(-c2[c-]cccc2)nc1.[Ir]. The third-order valence-corrected chi connectivity index (χ3v) is 13.9. The maximum Gasteiger partial charge on any atom is 0.0795 e. The minimum atomic E-state index is -1.87. The van der Waals surface area contributed by atoms with Gasteiger partial charge in [-0.25, -0.2) is 0 Å². The molecule has 0 aliphatic rings. The minimum absolute atomic E-state index is 0. The van der Waals surface area contributed by atoms with Crippen molar-refractivity contribution in [2.24, 2.45) is 0 Å². The van der Waals surface area contributed by atoms with E-state index < -0.39 is 21.3 Å². The van der Waals surface area contributed by atoms with E-state index >= 15 is 0 Å². The van der Waals surface area contributed by atoms with E-state index in [0.29, 0.717) is 5.92 Å². The van der Waals surface area contributed by atoms with E-state index in [1.807, 2.05) is 42.7 Å². The van der Waals surface area contributed by atoms with E-state index in [0.717, 1.165) is 39.1 Å². The zero-order valence-corrected chi connectivity index (χ0v) is 31.9. The Morgan fingerprint density at radius 1 is 0.767 bits per heavy atom. The predicted octanol–water partition coefficient (Wildman–Crippen LogP) is 9.21. The standard InChI is InChI=1S/C23H24GeNO.C14H16NSi.Ir/c1-15(2)16-10-11-25-21(13-16)17-6-9-22-20(12-17)19-8-7-18(24(3,4)5)14-23(19)26-22;1-16(2,3)13-9-10-14(15-11-13)12-7-5-4-6-8-12;/h7-15H,1-5H3;4-7,9-11H,1-3H3;/q2*-1;. The van der Waals surface area contributed by atoms with Crippen molar-refractivity contribution >= 4 is 52.9 Å². The van der Waals surface area contributed by atoms with E-state index in [1.54, 1.807) is 0 Å². The Kier molecular flexibility index (Phi) is 10.3. The first-order chi connectivity index (χ1) is 19.9. The number of hydrogen-bond acceptors (Lipinski definition) is 3. The van der Waals surface area contributed by atoms with Crippen LogP contribution in [-0.4, -0.2) is 31.3 Å². The van der Waals surface area contributed by atoms with E-state index in [9.17, 15) is 0 Å². The summed E-state index contributed by atoms with van der Waals surface area (Å²) >= 11 is -1.87. The van der Waals surface area contributed by atoms with Gasteiger partial charge >= 0.3 is 158 Å². The summed E-state index contributed by atoms with van der Waals surface area (Å²) in [5.74, 6) is 7.70. The molecule has 6 aromatic rings. The number of fused-ring (bicyclic) bond motifs is 3. The molecule has 3 nitrogen and oxygen atoms in total. The molecule has 1 radical (unpaired) electrons. The molecule has 43 heavy (non-hydrogen) atoms. The molecule has 0 saturated carbocycles. The summed E-state index contributed by atoms with van der Waals surface area (Å²) in [6, 6.07) is 33.9. The van der Waals surface area contributed by atoms with Crippen molar-refractivity contribution in [3.05, 3.63) is 109 Å². The average Bonchev–Trinajstić information content (AvgIpc) is 3.34. The van der Waals surface area contributed by atoms with Gasteiger partial charge in [-0.05, 0) is 10.9 Å². The van der Waals surface area contributed by atoms with Gasteiger partial charge in [0.05, 0.1) is 8.07 Å². The van der Waals surface area contributed by atoms with Crippen LogP contribution in [-0.2, 0) is 20.1 Å². The van der Waals surface area contributed by atoms with Crippen molar-refractivity contribution in [2.75, 3.05) is 0 Å². The van der Waals surface area contributed by atoms with Gasteiger partial charge in [0.25, 0.3) is 0 Å². The average molecular weight is 822 g/mol. The van der Waals surface area contributed by atoms with Crippen molar-refractivity contribution < 1.29 is 24.5 Å². The molecule has 3 aromatic carbocycles. The largest absolute Gasteiger partial charge is 0.305 e. The molecule has 0 aliphatic heterocycles. The summed E-state index contributed by atoms with van der Waals surface area (Å²) in [5, 5.41) is 3.70. The molecule has 6 rings (SSSR count). The first-order valence-corrected chi connectivity index (χ1v) is 25.5. The van der Waals surface area contributed by atoms with Gasteiger partial charge in [-0.1, -0.05) is 31.8 Å². The van der Waals surface area contributed by atoms with Crippen LogP contribution in [0.3, 0.4) is 0 Å². The Hall–Kier alpha value is -2.83. The van der Waals surface area contributed by atoms with Gasteiger partial charge in [-0.3, -0.25) is 0 Å². The van der Waals surface area contributed by atoms with Crippen LogP contribution >= 0.6 is 0 Å². The first kappa shape index (κ1) is 33.1. The monoisotopic (exact) mass is 823 g/mol. The van der Waals surface area contributed by atoms with Crippen LogP contribution in [0.5, 0.6) is 0 Å². The first-order valence-electron chi connectivity index (χ1n) is 14.7. The molecule has 0 N–H and O–H groups in total. The molecule has 0 amide bonds. The number of aromatic nitrogens is 2. The van der Waals surface area contributed by atoms with Crippen molar-refractivity contribution in [1.82, 2.24) is 9.97 Å².